The molecule has 1 N–H and O–H groups in total. The van der Waals surface area contributed by atoms with E-state index in [1.165, 1.54) is 58.2 Å². The summed E-state index contributed by atoms with van der Waals surface area (Å²) in [4.78, 5) is 2.74. The molecule has 3 rings (SSSR count). The molecule has 1 aliphatic heterocycles. The third-order valence-corrected chi connectivity index (χ3v) is 5.63. The summed E-state index contributed by atoms with van der Waals surface area (Å²) < 4.78 is 0. The van der Waals surface area contributed by atoms with E-state index >= 15 is 0 Å². The van der Waals surface area contributed by atoms with Crippen molar-refractivity contribution in [3.05, 3.63) is 0 Å². The van der Waals surface area contributed by atoms with Crippen molar-refractivity contribution >= 4 is 0 Å². The lowest BCUT2D eigenvalue weighted by Gasteiger charge is -2.45. The molecule has 2 aliphatic carbocycles. The molecule has 20 heavy (non-hydrogen) atoms. The molecule has 2 nitrogen and oxygen atoms in total. The summed E-state index contributed by atoms with van der Waals surface area (Å²) in [5, 5.41) is 3.93. The predicted molar refractivity (Wildman–Crippen MR) is 85.9 cm³/mol. The van der Waals surface area contributed by atoms with Gasteiger partial charge in [0, 0.05) is 18.6 Å². The zero-order chi connectivity index (χ0) is 14.4. The molecular formula is C18H34N2. The molecule has 2 saturated carbocycles. The number of nitrogens with one attached hydrogen (secondary N) is 1. The maximum atomic E-state index is 3.93. The Labute approximate surface area is 125 Å². The number of hydrogen-bond acceptors (Lipinski definition) is 2. The fourth-order valence-corrected chi connectivity index (χ4v) is 5.12. The molecule has 1 unspecified atom stereocenters. The monoisotopic (exact) mass is 278 g/mol. The minimum Gasteiger partial charge on any atom is -0.314 e. The van der Waals surface area contributed by atoms with Crippen LogP contribution in [0.15, 0.2) is 0 Å². The van der Waals surface area contributed by atoms with E-state index in [1.54, 1.807) is 0 Å². The van der Waals surface area contributed by atoms with E-state index in [0.717, 1.165) is 18.0 Å². The number of nitrogens with zero attached hydrogens (tertiary/aromatic N) is 1. The Bertz CT molecular complexity index is 327. The molecule has 0 aromatic rings. The van der Waals surface area contributed by atoms with Crippen LogP contribution in [-0.2, 0) is 0 Å². The minimum atomic E-state index is 0.509. The molecule has 116 valence electrons. The molecule has 0 spiro atoms. The Hall–Kier alpha value is -0.0800. The van der Waals surface area contributed by atoms with Gasteiger partial charge in [-0.15, -0.1) is 0 Å². The third-order valence-electron chi connectivity index (χ3n) is 5.63. The van der Waals surface area contributed by atoms with Crippen molar-refractivity contribution in [2.75, 3.05) is 19.6 Å². The lowest BCUT2D eigenvalue weighted by Crippen LogP contribution is -2.45. The van der Waals surface area contributed by atoms with Crippen molar-refractivity contribution in [1.82, 2.24) is 10.2 Å². The highest BCUT2D eigenvalue weighted by molar-refractivity contribution is 4.94. The lowest BCUT2D eigenvalue weighted by molar-refractivity contribution is 0.0835. The van der Waals surface area contributed by atoms with Gasteiger partial charge in [-0.2, -0.15) is 0 Å². The quantitative estimate of drug-likeness (QED) is 0.844. The second-order valence-electron chi connectivity index (χ2n) is 9.40. The fourth-order valence-electron chi connectivity index (χ4n) is 5.12. The third kappa shape index (κ3) is 3.76. The molecule has 1 heterocycles. The molecule has 2 heteroatoms. The van der Waals surface area contributed by atoms with E-state index in [1.807, 2.05) is 0 Å². The van der Waals surface area contributed by atoms with Crippen LogP contribution in [0.3, 0.4) is 0 Å². The Morgan fingerprint density at radius 1 is 1.00 bits per heavy atom. The van der Waals surface area contributed by atoms with Crippen molar-refractivity contribution in [2.45, 2.75) is 78.3 Å². The Balaban J connectivity index is 1.46. The summed E-state index contributed by atoms with van der Waals surface area (Å²) in [6, 6.07) is 1.70. The van der Waals surface area contributed by atoms with E-state index in [-0.39, 0.29) is 0 Å². The van der Waals surface area contributed by atoms with E-state index in [0.29, 0.717) is 10.8 Å². The van der Waals surface area contributed by atoms with Crippen LogP contribution in [0.4, 0.5) is 0 Å². The highest BCUT2D eigenvalue weighted by Gasteiger charge is 2.39. The highest BCUT2D eigenvalue weighted by Crippen LogP contribution is 2.45. The summed E-state index contributed by atoms with van der Waals surface area (Å²) in [7, 11) is 0. The van der Waals surface area contributed by atoms with Crippen molar-refractivity contribution in [1.29, 1.82) is 0 Å². The largest absolute Gasteiger partial charge is 0.314 e. The van der Waals surface area contributed by atoms with Crippen LogP contribution >= 0.6 is 0 Å². The first kappa shape index (κ1) is 14.8. The molecule has 1 atom stereocenters. The maximum absolute atomic E-state index is 3.93. The van der Waals surface area contributed by atoms with Gasteiger partial charge in [0.1, 0.15) is 0 Å². The van der Waals surface area contributed by atoms with Crippen molar-refractivity contribution in [3.63, 3.8) is 0 Å². The number of hydrogen-bond donors (Lipinski definition) is 1. The van der Waals surface area contributed by atoms with Gasteiger partial charge in [-0.3, -0.25) is 0 Å². The number of likely N-dealkylation sites (tertiary alicyclic amines) is 1. The van der Waals surface area contributed by atoms with Gasteiger partial charge in [0.2, 0.25) is 0 Å². The van der Waals surface area contributed by atoms with Gasteiger partial charge in [-0.25, -0.2) is 0 Å². The standard InChI is InChI=1S/C18H34N2/c1-17(2)9-15(10-18(3,4)13-17)19-11-14-7-8-20(12-14)16-5-6-16/h14-16,19H,5-13H2,1-4H3. The van der Waals surface area contributed by atoms with E-state index < -0.39 is 0 Å². The first-order valence-corrected chi connectivity index (χ1v) is 8.80. The Morgan fingerprint density at radius 2 is 1.65 bits per heavy atom. The van der Waals surface area contributed by atoms with Crippen molar-refractivity contribution in [2.24, 2.45) is 16.7 Å². The normalized spacial score (nSPS) is 34.5. The van der Waals surface area contributed by atoms with Gasteiger partial charge < -0.3 is 10.2 Å². The second kappa shape index (κ2) is 5.28. The van der Waals surface area contributed by atoms with Crippen LogP contribution in [-0.4, -0.2) is 36.6 Å². The molecule has 0 radical (unpaired) electrons. The van der Waals surface area contributed by atoms with Crippen LogP contribution in [0.1, 0.15) is 66.2 Å². The number of rotatable bonds is 4. The van der Waals surface area contributed by atoms with Gasteiger partial charge in [0.05, 0.1) is 0 Å². The molecule has 0 bridgehead atoms. The zero-order valence-electron chi connectivity index (χ0n) is 14.0. The van der Waals surface area contributed by atoms with Gasteiger partial charge in [-0.1, -0.05) is 27.7 Å². The zero-order valence-corrected chi connectivity index (χ0v) is 14.0. The van der Waals surface area contributed by atoms with Crippen LogP contribution in [0.2, 0.25) is 0 Å². The Kier molecular flexibility index (Phi) is 3.92. The van der Waals surface area contributed by atoms with E-state index in [2.05, 4.69) is 37.9 Å². The maximum Gasteiger partial charge on any atom is 0.00965 e. The second-order valence-corrected chi connectivity index (χ2v) is 9.40. The summed E-state index contributed by atoms with van der Waals surface area (Å²) in [5.41, 5.74) is 1.02. The molecule has 0 aromatic heterocycles. The smallest absolute Gasteiger partial charge is 0.00965 e. The van der Waals surface area contributed by atoms with Crippen molar-refractivity contribution < 1.29 is 0 Å². The van der Waals surface area contributed by atoms with Gasteiger partial charge in [0.25, 0.3) is 0 Å². The fraction of sp³-hybridized carbons (Fsp3) is 1.00. The van der Waals surface area contributed by atoms with Crippen LogP contribution < -0.4 is 5.32 Å². The lowest BCUT2D eigenvalue weighted by atomic mass is 9.63. The van der Waals surface area contributed by atoms with Crippen LogP contribution in [0, 0.1) is 16.7 Å². The highest BCUT2D eigenvalue weighted by atomic mass is 15.2. The molecule has 0 amide bonds. The minimum absolute atomic E-state index is 0.509. The average molecular weight is 278 g/mol. The Morgan fingerprint density at radius 3 is 2.25 bits per heavy atom. The summed E-state index contributed by atoms with van der Waals surface area (Å²) in [5.74, 6) is 0.906. The molecule has 3 fully saturated rings. The van der Waals surface area contributed by atoms with Gasteiger partial charge in [0.15, 0.2) is 0 Å². The summed E-state index contributed by atoms with van der Waals surface area (Å²) in [6.45, 7) is 13.8. The first-order chi connectivity index (χ1) is 9.33. The van der Waals surface area contributed by atoms with E-state index in [4.69, 9.17) is 0 Å². The van der Waals surface area contributed by atoms with Crippen LogP contribution in [0.5, 0.6) is 0 Å². The predicted octanol–water partition coefficient (Wildman–Crippen LogP) is 3.67. The molecule has 3 aliphatic rings. The molecular weight excluding hydrogens is 244 g/mol. The molecule has 0 aromatic carbocycles. The van der Waals surface area contributed by atoms with Crippen LogP contribution in [0.25, 0.3) is 0 Å². The summed E-state index contributed by atoms with van der Waals surface area (Å²) in [6.07, 6.45) is 8.43. The van der Waals surface area contributed by atoms with Gasteiger partial charge >= 0.3 is 0 Å². The topological polar surface area (TPSA) is 15.3 Å². The van der Waals surface area contributed by atoms with Gasteiger partial charge in [-0.05, 0) is 68.4 Å². The average Bonchev–Trinajstić information content (AvgIpc) is 3.02. The van der Waals surface area contributed by atoms with Crippen molar-refractivity contribution in [3.8, 4) is 0 Å². The summed E-state index contributed by atoms with van der Waals surface area (Å²) >= 11 is 0. The van der Waals surface area contributed by atoms with E-state index in [9.17, 15) is 0 Å². The first-order valence-electron chi connectivity index (χ1n) is 8.80. The molecule has 1 saturated heterocycles. The SMILES string of the molecule is CC1(C)CC(NCC2CCN(C3CC3)C2)CC(C)(C)C1.